The summed E-state index contributed by atoms with van der Waals surface area (Å²) in [6.45, 7) is 3.26. The predicted octanol–water partition coefficient (Wildman–Crippen LogP) is 2.60. The maximum absolute atomic E-state index is 13.2. The molecule has 1 saturated heterocycles. The number of benzene rings is 1. The van der Waals surface area contributed by atoms with Crippen LogP contribution in [0.2, 0.25) is 0 Å². The summed E-state index contributed by atoms with van der Waals surface area (Å²) in [5, 5.41) is 2.85. The summed E-state index contributed by atoms with van der Waals surface area (Å²) in [6, 6.07) is 8.23. The fourth-order valence-electron chi connectivity index (χ4n) is 3.16. The van der Waals surface area contributed by atoms with Crippen LogP contribution in [0.1, 0.15) is 5.69 Å². The van der Waals surface area contributed by atoms with Crippen molar-refractivity contribution < 1.29 is 22.7 Å². The Morgan fingerprint density at radius 3 is 2.32 bits per heavy atom. The normalized spacial score (nSPS) is 15.0. The Morgan fingerprint density at radius 2 is 1.77 bits per heavy atom. The number of rotatable bonds is 6. The molecule has 0 aliphatic carbocycles. The fraction of sp³-hybridized carbons (Fsp3) is 0.450. The van der Waals surface area contributed by atoms with Crippen molar-refractivity contribution in [3.05, 3.63) is 36.0 Å². The monoisotopic (exact) mass is 438 g/mol. The van der Waals surface area contributed by atoms with Crippen molar-refractivity contribution in [1.29, 1.82) is 0 Å². The van der Waals surface area contributed by atoms with Crippen LogP contribution >= 0.6 is 0 Å². The molecule has 31 heavy (non-hydrogen) atoms. The van der Waals surface area contributed by atoms with Crippen molar-refractivity contribution >= 4 is 29.1 Å². The molecule has 1 aromatic heterocycles. The largest absolute Gasteiger partial charge is 0.468 e. The van der Waals surface area contributed by atoms with Crippen LogP contribution in [-0.4, -0.2) is 74.8 Å². The molecule has 11 heteroatoms. The van der Waals surface area contributed by atoms with E-state index in [-0.39, 0.29) is 24.3 Å². The van der Waals surface area contributed by atoms with Crippen molar-refractivity contribution in [2.24, 2.45) is 0 Å². The molecule has 0 bridgehead atoms. The number of halogens is 3. The van der Waals surface area contributed by atoms with E-state index < -0.39 is 11.9 Å². The predicted molar refractivity (Wildman–Crippen MR) is 112 cm³/mol. The van der Waals surface area contributed by atoms with Crippen molar-refractivity contribution in [2.45, 2.75) is 6.18 Å². The van der Waals surface area contributed by atoms with E-state index in [0.717, 1.165) is 37.9 Å². The molecule has 0 amide bonds. The van der Waals surface area contributed by atoms with E-state index in [9.17, 15) is 18.0 Å². The molecule has 0 atom stereocenters. The number of anilines is 4. The molecule has 2 aromatic rings. The molecule has 3 rings (SSSR count). The lowest BCUT2D eigenvalue weighted by atomic mass is 10.2. The molecule has 2 heterocycles. The number of piperazine rings is 1. The lowest BCUT2D eigenvalue weighted by Gasteiger charge is -2.35. The molecule has 0 radical (unpaired) electrons. The molecule has 1 N–H and O–H groups in total. The first kappa shape index (κ1) is 22.6. The van der Waals surface area contributed by atoms with Crippen LogP contribution in [0.4, 0.5) is 36.3 Å². The van der Waals surface area contributed by atoms with E-state index in [1.165, 1.54) is 12.0 Å². The summed E-state index contributed by atoms with van der Waals surface area (Å²) in [5.41, 5.74) is 0.564. The molecule has 0 unspecified atom stereocenters. The second kappa shape index (κ2) is 9.38. The molecular formula is C20H25F3N6O2. The first-order valence-corrected chi connectivity index (χ1v) is 9.70. The highest BCUT2D eigenvalue weighted by Crippen LogP contribution is 2.31. The number of ether oxygens (including phenoxy) is 1. The summed E-state index contributed by atoms with van der Waals surface area (Å²) >= 11 is 0. The fourth-order valence-corrected chi connectivity index (χ4v) is 3.16. The number of nitrogens with one attached hydrogen (secondary N) is 1. The van der Waals surface area contributed by atoms with E-state index in [1.807, 2.05) is 17.0 Å². The maximum Gasteiger partial charge on any atom is 0.433 e. The number of methoxy groups -OCH3 is 1. The van der Waals surface area contributed by atoms with Gasteiger partial charge in [-0.1, -0.05) is 0 Å². The Bertz CT molecular complexity index is 897. The second-order valence-electron chi connectivity index (χ2n) is 7.34. The van der Waals surface area contributed by atoms with Gasteiger partial charge >= 0.3 is 12.1 Å². The zero-order valence-electron chi connectivity index (χ0n) is 17.6. The van der Waals surface area contributed by atoms with Crippen LogP contribution in [0.5, 0.6) is 0 Å². The summed E-state index contributed by atoms with van der Waals surface area (Å²) in [7, 11) is 4.61. The number of aromatic nitrogens is 2. The average Bonchev–Trinajstić information content (AvgIpc) is 2.74. The molecule has 1 aromatic carbocycles. The number of carbonyl (C=O) groups excluding carboxylic acids is 1. The van der Waals surface area contributed by atoms with E-state index >= 15 is 0 Å². The van der Waals surface area contributed by atoms with Gasteiger partial charge in [-0.2, -0.15) is 18.2 Å². The quantitative estimate of drug-likeness (QED) is 0.690. The van der Waals surface area contributed by atoms with Gasteiger partial charge < -0.3 is 19.9 Å². The highest BCUT2D eigenvalue weighted by Gasteiger charge is 2.34. The highest BCUT2D eigenvalue weighted by molar-refractivity contribution is 5.71. The maximum atomic E-state index is 13.2. The smallest absolute Gasteiger partial charge is 0.433 e. The summed E-state index contributed by atoms with van der Waals surface area (Å²) in [4.78, 5) is 24.8. The van der Waals surface area contributed by atoms with Gasteiger partial charge in [-0.15, -0.1) is 0 Å². The average molecular weight is 438 g/mol. The lowest BCUT2D eigenvalue weighted by molar-refractivity contribution is -0.142. The van der Waals surface area contributed by atoms with E-state index in [4.69, 9.17) is 4.74 Å². The van der Waals surface area contributed by atoms with Gasteiger partial charge in [0.05, 0.1) is 13.7 Å². The van der Waals surface area contributed by atoms with Crippen LogP contribution in [0.25, 0.3) is 0 Å². The zero-order valence-corrected chi connectivity index (χ0v) is 17.6. The van der Waals surface area contributed by atoms with Gasteiger partial charge in [-0.3, -0.25) is 9.69 Å². The van der Waals surface area contributed by atoms with Gasteiger partial charge in [0.2, 0.25) is 5.95 Å². The molecule has 168 valence electrons. The van der Waals surface area contributed by atoms with Gasteiger partial charge in [0.15, 0.2) is 5.69 Å². The van der Waals surface area contributed by atoms with E-state index in [0.29, 0.717) is 5.69 Å². The van der Waals surface area contributed by atoms with Gasteiger partial charge in [-0.05, 0) is 24.3 Å². The first-order valence-electron chi connectivity index (χ1n) is 9.70. The van der Waals surface area contributed by atoms with E-state index in [2.05, 4.69) is 20.2 Å². The van der Waals surface area contributed by atoms with Crippen molar-refractivity contribution in [3.63, 3.8) is 0 Å². The van der Waals surface area contributed by atoms with Gasteiger partial charge in [0.25, 0.3) is 0 Å². The number of alkyl halides is 3. The number of carbonyl (C=O) groups is 1. The van der Waals surface area contributed by atoms with Gasteiger partial charge in [0, 0.05) is 57.7 Å². The lowest BCUT2D eigenvalue weighted by Crippen LogP contribution is -2.48. The standard InChI is InChI=1S/C20H25F3N6O2/c1-27(2)17-12-16(20(21,22)23)25-19(26-17)24-14-4-6-15(7-5-14)29-10-8-28(9-11-29)13-18(30)31-3/h4-7,12H,8-11,13H2,1-3H3,(H,24,25,26). The minimum absolute atomic E-state index is 0.123. The number of nitrogens with zero attached hydrogens (tertiary/aromatic N) is 5. The second-order valence-corrected chi connectivity index (χ2v) is 7.34. The Morgan fingerprint density at radius 1 is 1.13 bits per heavy atom. The summed E-state index contributed by atoms with van der Waals surface area (Å²) < 4.78 is 44.2. The van der Waals surface area contributed by atoms with E-state index in [1.54, 1.807) is 26.2 Å². The molecule has 1 aliphatic rings. The van der Waals surface area contributed by atoms with Crippen LogP contribution in [0.3, 0.4) is 0 Å². The summed E-state index contributed by atoms with van der Waals surface area (Å²) in [5.74, 6) is -0.216. The van der Waals surface area contributed by atoms with Crippen LogP contribution < -0.4 is 15.1 Å². The minimum atomic E-state index is -4.57. The summed E-state index contributed by atoms with van der Waals surface area (Å²) in [6.07, 6.45) is -4.57. The Balaban J connectivity index is 1.66. The van der Waals surface area contributed by atoms with Gasteiger partial charge in [-0.25, -0.2) is 4.98 Å². The van der Waals surface area contributed by atoms with Crippen molar-refractivity contribution in [1.82, 2.24) is 14.9 Å². The molecule has 0 spiro atoms. The Labute approximate surface area is 178 Å². The first-order chi connectivity index (χ1) is 14.7. The third-order valence-corrected chi connectivity index (χ3v) is 4.90. The third-order valence-electron chi connectivity index (χ3n) is 4.90. The SMILES string of the molecule is COC(=O)CN1CCN(c2ccc(Nc3nc(N(C)C)cc(C(F)(F)F)n3)cc2)CC1. The van der Waals surface area contributed by atoms with Crippen molar-refractivity contribution in [2.75, 3.05) is 69.0 Å². The minimum Gasteiger partial charge on any atom is -0.468 e. The third kappa shape index (κ3) is 5.97. The molecule has 1 fully saturated rings. The number of hydrogen-bond donors (Lipinski definition) is 1. The zero-order chi connectivity index (χ0) is 22.6. The Hall–Kier alpha value is -3.08. The van der Waals surface area contributed by atoms with Crippen LogP contribution in [0.15, 0.2) is 30.3 Å². The molecule has 1 aliphatic heterocycles. The molecule has 8 nitrogen and oxygen atoms in total. The topological polar surface area (TPSA) is 73.8 Å². The highest BCUT2D eigenvalue weighted by atomic mass is 19.4. The Kier molecular flexibility index (Phi) is 6.84. The number of hydrogen-bond acceptors (Lipinski definition) is 8. The van der Waals surface area contributed by atoms with Crippen molar-refractivity contribution in [3.8, 4) is 0 Å². The van der Waals surface area contributed by atoms with Gasteiger partial charge in [0.1, 0.15) is 5.82 Å². The van der Waals surface area contributed by atoms with Crippen LogP contribution in [0, 0.1) is 0 Å². The molecule has 0 saturated carbocycles. The van der Waals surface area contributed by atoms with Crippen LogP contribution in [-0.2, 0) is 15.7 Å². The number of esters is 1. The molecular weight excluding hydrogens is 413 g/mol.